The van der Waals surface area contributed by atoms with Gasteiger partial charge in [0.25, 0.3) is 0 Å². The molecule has 1 N–H and O–H groups in total. The summed E-state index contributed by atoms with van der Waals surface area (Å²) < 4.78 is 45.6. The first-order chi connectivity index (χ1) is 18.0. The molecule has 0 amide bonds. The molecule has 2 heterocycles. The zero-order valence-electron chi connectivity index (χ0n) is 20.0. The van der Waals surface area contributed by atoms with Crippen molar-refractivity contribution in [2.75, 3.05) is 0 Å². The van der Waals surface area contributed by atoms with Crippen molar-refractivity contribution in [1.82, 2.24) is 9.97 Å². The Balaban J connectivity index is 1.57. The Morgan fingerprint density at radius 2 is 1.63 bits per heavy atom. The van der Waals surface area contributed by atoms with Gasteiger partial charge in [0.2, 0.25) is 0 Å². The number of fused-ring (bicyclic) bond motifs is 3. The number of ether oxygens (including phenoxy) is 1. The summed E-state index contributed by atoms with van der Waals surface area (Å²) in [7, 11) is 0. The molecule has 3 aromatic carbocycles. The summed E-state index contributed by atoms with van der Waals surface area (Å²) >= 11 is 5.86. The van der Waals surface area contributed by atoms with Crippen molar-refractivity contribution in [2.24, 2.45) is 0 Å². The SMILES string of the molecule is CC1(C)Oc2cc(C#Cc3cc(Cl)cc(C(F)(F)F)c3)ccc2-c2nc(-c3c(C#N)cccc3C#N)[nH]c21. The van der Waals surface area contributed by atoms with E-state index in [0.29, 0.717) is 50.8 Å². The van der Waals surface area contributed by atoms with Crippen molar-refractivity contribution < 1.29 is 17.9 Å². The fourth-order valence-corrected chi connectivity index (χ4v) is 4.53. The summed E-state index contributed by atoms with van der Waals surface area (Å²) in [5.74, 6) is 6.48. The highest BCUT2D eigenvalue weighted by Gasteiger charge is 2.37. The van der Waals surface area contributed by atoms with E-state index >= 15 is 0 Å². The van der Waals surface area contributed by atoms with Crippen molar-refractivity contribution in [1.29, 1.82) is 10.5 Å². The first-order valence-electron chi connectivity index (χ1n) is 11.3. The molecule has 0 atom stereocenters. The zero-order chi connectivity index (χ0) is 27.2. The van der Waals surface area contributed by atoms with Crippen LogP contribution in [0.5, 0.6) is 5.75 Å². The van der Waals surface area contributed by atoms with Crippen molar-refractivity contribution in [2.45, 2.75) is 25.6 Å². The molecule has 4 aromatic rings. The molecular weight excluding hydrogens is 513 g/mol. The van der Waals surface area contributed by atoms with Gasteiger partial charge in [-0.3, -0.25) is 0 Å². The molecule has 5 rings (SSSR count). The molecule has 5 nitrogen and oxygen atoms in total. The minimum Gasteiger partial charge on any atom is -0.481 e. The number of imidazole rings is 1. The number of halogens is 4. The number of nitriles is 2. The molecule has 0 unspecified atom stereocenters. The first-order valence-corrected chi connectivity index (χ1v) is 11.7. The molecule has 9 heteroatoms. The molecule has 38 heavy (non-hydrogen) atoms. The van der Waals surface area contributed by atoms with Crippen LogP contribution in [0.15, 0.2) is 54.6 Å². The molecule has 0 saturated heterocycles. The largest absolute Gasteiger partial charge is 0.481 e. The van der Waals surface area contributed by atoms with Crippen LogP contribution >= 0.6 is 11.6 Å². The van der Waals surface area contributed by atoms with E-state index in [-0.39, 0.29) is 10.6 Å². The van der Waals surface area contributed by atoms with Gasteiger partial charge < -0.3 is 9.72 Å². The monoisotopic (exact) mass is 528 g/mol. The maximum absolute atomic E-state index is 13.1. The molecule has 0 fully saturated rings. The average Bonchev–Trinajstić information content (AvgIpc) is 3.32. The third kappa shape index (κ3) is 4.45. The minimum atomic E-state index is -4.53. The number of alkyl halides is 3. The van der Waals surface area contributed by atoms with E-state index in [1.165, 1.54) is 6.07 Å². The number of nitrogens with one attached hydrogen (secondary N) is 1. The Morgan fingerprint density at radius 3 is 2.29 bits per heavy atom. The second-order valence-corrected chi connectivity index (χ2v) is 9.50. The standard InChI is InChI=1S/C29H16ClF3N4O/c1-28(2)26-25(36-27(37-26)24-18(14-34)4-3-5-19(24)15-35)22-9-8-16(12-23(22)38-28)6-7-17-10-20(29(31,32)33)13-21(30)11-17/h3-5,8-13H,1-2H3,(H,36,37). The van der Waals surface area contributed by atoms with Crippen LogP contribution in [0.3, 0.4) is 0 Å². The number of H-pyrrole nitrogens is 1. The first kappa shape index (κ1) is 25.0. The van der Waals surface area contributed by atoms with E-state index in [2.05, 4.69) is 29.0 Å². The number of aromatic nitrogens is 2. The molecule has 186 valence electrons. The summed E-state index contributed by atoms with van der Waals surface area (Å²) in [4.78, 5) is 7.99. The summed E-state index contributed by atoms with van der Waals surface area (Å²) in [6, 6.07) is 17.4. The fourth-order valence-electron chi connectivity index (χ4n) is 4.29. The number of aromatic amines is 1. The molecular formula is C29H16ClF3N4O. The maximum atomic E-state index is 13.1. The van der Waals surface area contributed by atoms with Crippen molar-refractivity contribution in [3.63, 3.8) is 0 Å². The van der Waals surface area contributed by atoms with Gasteiger partial charge in [0.1, 0.15) is 17.2 Å². The number of hydrogen-bond donors (Lipinski definition) is 1. The molecule has 1 aromatic heterocycles. The van der Waals surface area contributed by atoms with Crippen molar-refractivity contribution in [3.8, 4) is 52.4 Å². The van der Waals surface area contributed by atoms with Gasteiger partial charge in [0.05, 0.1) is 45.8 Å². The third-order valence-corrected chi connectivity index (χ3v) is 6.24. The van der Waals surface area contributed by atoms with Gasteiger partial charge in [-0.15, -0.1) is 0 Å². The third-order valence-electron chi connectivity index (χ3n) is 6.03. The van der Waals surface area contributed by atoms with Gasteiger partial charge in [0.15, 0.2) is 0 Å². The van der Waals surface area contributed by atoms with Crippen molar-refractivity contribution >= 4 is 11.6 Å². The van der Waals surface area contributed by atoms with Gasteiger partial charge in [-0.1, -0.05) is 29.5 Å². The smallest absolute Gasteiger partial charge is 0.416 e. The Kier molecular flexibility index (Phi) is 5.91. The summed E-state index contributed by atoms with van der Waals surface area (Å²) in [6.45, 7) is 3.70. The molecule has 0 spiro atoms. The van der Waals surface area contributed by atoms with Crippen LogP contribution < -0.4 is 4.74 Å². The Morgan fingerprint density at radius 1 is 0.947 bits per heavy atom. The topological polar surface area (TPSA) is 85.5 Å². The van der Waals surface area contributed by atoms with Crippen LogP contribution in [0.25, 0.3) is 22.6 Å². The van der Waals surface area contributed by atoms with Crippen LogP contribution in [-0.4, -0.2) is 9.97 Å². The Hall–Kier alpha value is -4.71. The summed E-state index contributed by atoms with van der Waals surface area (Å²) in [6.07, 6.45) is -4.53. The summed E-state index contributed by atoms with van der Waals surface area (Å²) in [5.41, 5.74) is 1.92. The van der Waals surface area contributed by atoms with Crippen LogP contribution in [0.1, 0.15) is 47.4 Å². The van der Waals surface area contributed by atoms with E-state index in [4.69, 9.17) is 21.3 Å². The van der Waals surface area contributed by atoms with Gasteiger partial charge in [-0.05, 0) is 62.4 Å². The normalized spacial score (nSPS) is 13.2. The van der Waals surface area contributed by atoms with Gasteiger partial charge in [-0.2, -0.15) is 23.7 Å². The molecule has 0 radical (unpaired) electrons. The molecule has 0 saturated carbocycles. The van der Waals surface area contributed by atoms with E-state index in [1.54, 1.807) is 36.4 Å². The fraction of sp³-hybridized carbons (Fsp3) is 0.138. The number of nitrogens with zero attached hydrogens (tertiary/aromatic N) is 3. The van der Waals surface area contributed by atoms with Crippen LogP contribution in [0.4, 0.5) is 13.2 Å². The second-order valence-electron chi connectivity index (χ2n) is 9.06. The van der Waals surface area contributed by atoms with E-state index < -0.39 is 17.3 Å². The van der Waals surface area contributed by atoms with E-state index in [9.17, 15) is 23.7 Å². The molecule has 0 aliphatic carbocycles. The predicted octanol–water partition coefficient (Wildman–Crippen LogP) is 7.19. The lowest BCUT2D eigenvalue weighted by Gasteiger charge is -2.31. The molecule has 0 bridgehead atoms. The highest BCUT2D eigenvalue weighted by atomic mass is 35.5. The Labute approximate surface area is 221 Å². The van der Waals surface area contributed by atoms with Gasteiger partial charge in [-0.25, -0.2) is 4.98 Å². The van der Waals surface area contributed by atoms with E-state index in [0.717, 1.165) is 12.1 Å². The highest BCUT2D eigenvalue weighted by molar-refractivity contribution is 6.30. The molecule has 1 aliphatic rings. The highest BCUT2D eigenvalue weighted by Crippen LogP contribution is 2.45. The lowest BCUT2D eigenvalue weighted by atomic mass is 9.94. The number of benzene rings is 3. The summed E-state index contributed by atoms with van der Waals surface area (Å²) in [5, 5.41) is 19.1. The predicted molar refractivity (Wildman–Crippen MR) is 135 cm³/mol. The van der Waals surface area contributed by atoms with Crippen molar-refractivity contribution in [3.05, 3.63) is 93.1 Å². The maximum Gasteiger partial charge on any atom is 0.416 e. The quantitative estimate of drug-likeness (QED) is 0.265. The van der Waals surface area contributed by atoms with Gasteiger partial charge in [0, 0.05) is 21.7 Å². The minimum absolute atomic E-state index is 0.0564. The lowest BCUT2D eigenvalue weighted by Crippen LogP contribution is -2.29. The van der Waals surface area contributed by atoms with Crippen LogP contribution in [0, 0.1) is 34.5 Å². The Bertz CT molecular complexity index is 1730. The zero-order valence-corrected chi connectivity index (χ0v) is 20.7. The lowest BCUT2D eigenvalue weighted by molar-refractivity contribution is -0.137. The van der Waals surface area contributed by atoms with E-state index in [1.807, 2.05) is 13.8 Å². The second kappa shape index (κ2) is 8.99. The average molecular weight is 529 g/mol. The molecule has 1 aliphatic heterocycles. The number of rotatable bonds is 1. The van der Waals surface area contributed by atoms with Crippen LogP contribution in [0.2, 0.25) is 5.02 Å². The van der Waals surface area contributed by atoms with Crippen LogP contribution in [-0.2, 0) is 11.8 Å². The number of hydrogen-bond acceptors (Lipinski definition) is 4. The van der Waals surface area contributed by atoms with Gasteiger partial charge >= 0.3 is 6.18 Å².